The molecule has 10 heteroatoms. The summed E-state index contributed by atoms with van der Waals surface area (Å²) in [5.41, 5.74) is 2.20. The Kier molecular flexibility index (Phi) is 5.22. The second kappa shape index (κ2) is 7.29. The van der Waals surface area contributed by atoms with Gasteiger partial charge in [0, 0.05) is 23.9 Å². The van der Waals surface area contributed by atoms with Crippen molar-refractivity contribution < 1.29 is 13.3 Å². The topological polar surface area (TPSA) is 121 Å². The lowest BCUT2D eigenvalue weighted by molar-refractivity contribution is -0.384. The third-order valence-electron chi connectivity index (χ3n) is 4.16. The maximum Gasteiger partial charge on any atom is 0.269 e. The summed E-state index contributed by atoms with van der Waals surface area (Å²) >= 11 is 1.46. The number of fused-ring (bicyclic) bond motifs is 1. The van der Waals surface area contributed by atoms with Crippen LogP contribution in [0.1, 0.15) is 24.7 Å². The van der Waals surface area contributed by atoms with Crippen molar-refractivity contribution in [3.8, 4) is 0 Å². The third kappa shape index (κ3) is 3.97. The van der Waals surface area contributed by atoms with Crippen molar-refractivity contribution in [3.63, 3.8) is 0 Å². The van der Waals surface area contributed by atoms with E-state index >= 15 is 0 Å². The van der Waals surface area contributed by atoms with Gasteiger partial charge in [0.05, 0.1) is 20.9 Å². The number of aryl methyl sites for hydroxylation is 1. The molecule has 3 rings (SSSR count). The van der Waals surface area contributed by atoms with Gasteiger partial charge in [-0.05, 0) is 37.6 Å². The van der Waals surface area contributed by atoms with Crippen LogP contribution >= 0.6 is 11.8 Å². The van der Waals surface area contributed by atoms with Gasteiger partial charge in [-0.1, -0.05) is 23.9 Å². The zero-order valence-corrected chi connectivity index (χ0v) is 16.3. The van der Waals surface area contributed by atoms with Crippen molar-refractivity contribution in [1.82, 2.24) is 9.55 Å². The van der Waals surface area contributed by atoms with Crippen LogP contribution in [0, 0.1) is 10.1 Å². The molecule has 0 aliphatic carbocycles. The molecule has 3 aromatic rings. The number of nitrogens with two attached hydrogens (primary N) is 1. The van der Waals surface area contributed by atoms with Gasteiger partial charge in [0.2, 0.25) is 10.0 Å². The molecule has 0 saturated heterocycles. The van der Waals surface area contributed by atoms with Crippen molar-refractivity contribution in [3.05, 3.63) is 58.1 Å². The highest BCUT2D eigenvalue weighted by Crippen LogP contribution is 2.37. The average Bonchev–Trinajstić information content (AvgIpc) is 2.97. The number of nitrogens with zero attached hydrogens (tertiary/aromatic N) is 3. The lowest BCUT2D eigenvalue weighted by Gasteiger charge is -2.12. The van der Waals surface area contributed by atoms with E-state index in [1.807, 2.05) is 24.5 Å². The number of aromatic nitrogens is 2. The Morgan fingerprint density at radius 2 is 2.04 bits per heavy atom. The first-order valence-corrected chi connectivity index (χ1v) is 10.6. The first-order chi connectivity index (χ1) is 12.7. The van der Waals surface area contributed by atoms with E-state index < -0.39 is 14.9 Å². The van der Waals surface area contributed by atoms with Crippen LogP contribution in [0.3, 0.4) is 0 Å². The first kappa shape index (κ1) is 19.3. The fraction of sp³-hybridized carbons (Fsp3) is 0.235. The third-order valence-corrected chi connectivity index (χ3v) is 6.22. The molecule has 0 spiro atoms. The molecule has 1 atom stereocenters. The summed E-state index contributed by atoms with van der Waals surface area (Å²) in [5.74, 6) is 0. The first-order valence-electron chi connectivity index (χ1n) is 8.14. The van der Waals surface area contributed by atoms with E-state index in [2.05, 4.69) is 4.98 Å². The maximum absolute atomic E-state index is 11.6. The number of sulfonamides is 1. The van der Waals surface area contributed by atoms with Crippen molar-refractivity contribution in [2.45, 2.75) is 35.7 Å². The monoisotopic (exact) mass is 406 g/mol. The zero-order valence-electron chi connectivity index (χ0n) is 14.7. The molecule has 1 aromatic heterocycles. The van der Waals surface area contributed by atoms with E-state index in [1.54, 1.807) is 18.2 Å². The number of imidazole rings is 1. The molecule has 142 valence electrons. The Hall–Kier alpha value is -2.43. The predicted octanol–water partition coefficient (Wildman–Crippen LogP) is 3.47. The average molecular weight is 406 g/mol. The Morgan fingerprint density at radius 1 is 1.30 bits per heavy atom. The van der Waals surface area contributed by atoms with Crippen LogP contribution < -0.4 is 5.14 Å². The van der Waals surface area contributed by atoms with Gasteiger partial charge in [0.25, 0.3) is 5.69 Å². The number of nitro benzene ring substituents is 1. The number of hydrogen-bond donors (Lipinski definition) is 1. The molecular weight excluding hydrogens is 388 g/mol. The Morgan fingerprint density at radius 3 is 2.67 bits per heavy atom. The van der Waals surface area contributed by atoms with Gasteiger partial charge in [-0.3, -0.25) is 10.1 Å². The molecule has 0 fully saturated rings. The molecule has 2 aromatic carbocycles. The van der Waals surface area contributed by atoms with E-state index in [1.165, 1.54) is 30.0 Å². The van der Waals surface area contributed by atoms with Crippen LogP contribution in [0.25, 0.3) is 11.0 Å². The van der Waals surface area contributed by atoms with E-state index in [4.69, 9.17) is 5.14 Å². The normalized spacial score (nSPS) is 13.0. The maximum atomic E-state index is 11.6. The SMILES string of the molecule is CCn1c(S[C@@H](C)c2cccc([N+](=O)[O-])c2)nc2cc(S(N)(=O)=O)ccc21. The molecule has 0 unspecified atom stereocenters. The van der Waals surface area contributed by atoms with Crippen LogP contribution in [0.4, 0.5) is 5.69 Å². The summed E-state index contributed by atoms with van der Waals surface area (Å²) in [4.78, 5) is 15.1. The highest BCUT2D eigenvalue weighted by atomic mass is 32.2. The lowest BCUT2D eigenvalue weighted by Crippen LogP contribution is -2.11. The minimum atomic E-state index is -3.80. The van der Waals surface area contributed by atoms with Crippen LogP contribution in [0.5, 0.6) is 0 Å². The van der Waals surface area contributed by atoms with E-state index in [-0.39, 0.29) is 15.8 Å². The van der Waals surface area contributed by atoms with Crippen LogP contribution in [-0.2, 0) is 16.6 Å². The van der Waals surface area contributed by atoms with Crippen molar-refractivity contribution in [2.75, 3.05) is 0 Å². The number of nitro groups is 1. The van der Waals surface area contributed by atoms with Crippen molar-refractivity contribution in [2.24, 2.45) is 5.14 Å². The quantitative estimate of drug-likeness (QED) is 0.380. The van der Waals surface area contributed by atoms with Gasteiger partial charge >= 0.3 is 0 Å². The second-order valence-electron chi connectivity index (χ2n) is 5.95. The van der Waals surface area contributed by atoms with E-state index in [0.29, 0.717) is 17.2 Å². The predicted molar refractivity (Wildman–Crippen MR) is 104 cm³/mol. The minimum absolute atomic E-state index is 0.0130. The van der Waals surface area contributed by atoms with Crippen LogP contribution in [0.15, 0.2) is 52.5 Å². The van der Waals surface area contributed by atoms with E-state index in [9.17, 15) is 18.5 Å². The molecule has 0 bridgehead atoms. The summed E-state index contributed by atoms with van der Waals surface area (Å²) in [6, 6.07) is 11.1. The summed E-state index contributed by atoms with van der Waals surface area (Å²) in [6.45, 7) is 4.56. The van der Waals surface area contributed by atoms with Crippen LogP contribution in [-0.4, -0.2) is 22.9 Å². The number of non-ortho nitro benzene ring substituents is 1. The lowest BCUT2D eigenvalue weighted by atomic mass is 10.1. The molecule has 27 heavy (non-hydrogen) atoms. The summed E-state index contributed by atoms with van der Waals surface area (Å²) < 4.78 is 25.1. The molecule has 0 saturated carbocycles. The fourth-order valence-electron chi connectivity index (χ4n) is 2.78. The Labute approximate surface area is 160 Å². The number of thioether (sulfide) groups is 1. The smallest absolute Gasteiger partial charge is 0.269 e. The minimum Gasteiger partial charge on any atom is -0.319 e. The highest BCUT2D eigenvalue weighted by Gasteiger charge is 2.18. The molecule has 0 aliphatic heterocycles. The second-order valence-corrected chi connectivity index (χ2v) is 8.82. The summed E-state index contributed by atoms with van der Waals surface area (Å²) in [6.07, 6.45) is 0. The van der Waals surface area contributed by atoms with E-state index in [0.717, 1.165) is 11.1 Å². The Balaban J connectivity index is 1.98. The van der Waals surface area contributed by atoms with Gasteiger partial charge in [-0.25, -0.2) is 18.5 Å². The molecule has 2 N–H and O–H groups in total. The van der Waals surface area contributed by atoms with Gasteiger partial charge in [0.15, 0.2) is 5.16 Å². The fourth-order valence-corrected chi connectivity index (χ4v) is 4.42. The molecule has 0 radical (unpaired) electrons. The van der Waals surface area contributed by atoms with Gasteiger partial charge in [0.1, 0.15) is 0 Å². The molecule has 0 amide bonds. The summed E-state index contributed by atoms with van der Waals surface area (Å²) in [7, 11) is -3.80. The molecule has 0 aliphatic rings. The standard InChI is InChI=1S/C17H18N4O4S2/c1-3-20-16-8-7-14(27(18,24)25)10-15(16)19-17(20)26-11(2)12-5-4-6-13(9-12)21(22)23/h4-11H,3H2,1-2H3,(H2,18,24,25)/t11-/m0/s1. The molecule has 8 nitrogen and oxygen atoms in total. The summed E-state index contributed by atoms with van der Waals surface area (Å²) in [5, 5.41) is 16.8. The van der Waals surface area contributed by atoms with Crippen molar-refractivity contribution >= 4 is 38.5 Å². The number of hydrogen-bond acceptors (Lipinski definition) is 6. The van der Waals surface area contributed by atoms with Crippen molar-refractivity contribution in [1.29, 1.82) is 0 Å². The Bertz CT molecular complexity index is 1130. The van der Waals surface area contributed by atoms with Gasteiger partial charge in [-0.15, -0.1) is 0 Å². The number of primary sulfonamides is 1. The molecule has 1 heterocycles. The number of rotatable bonds is 6. The van der Waals surface area contributed by atoms with Gasteiger partial charge in [-0.2, -0.15) is 0 Å². The zero-order chi connectivity index (χ0) is 19.8. The highest BCUT2D eigenvalue weighted by molar-refractivity contribution is 7.99. The number of benzene rings is 2. The van der Waals surface area contributed by atoms with Crippen LogP contribution in [0.2, 0.25) is 0 Å². The van der Waals surface area contributed by atoms with Gasteiger partial charge < -0.3 is 4.57 Å². The largest absolute Gasteiger partial charge is 0.319 e. The molecular formula is C17H18N4O4S2.